The van der Waals surface area contributed by atoms with Gasteiger partial charge in [-0.15, -0.1) is 11.3 Å². The number of nitrogens with two attached hydrogens (primary N) is 1. The van der Waals surface area contributed by atoms with Gasteiger partial charge in [0.05, 0.1) is 12.1 Å². The second kappa shape index (κ2) is 12.3. The molecular weight excluding hydrogens is 500 g/mol. The van der Waals surface area contributed by atoms with Gasteiger partial charge in [-0.25, -0.2) is 9.78 Å². The monoisotopic (exact) mass is 536 g/mol. The lowest BCUT2D eigenvalue weighted by Crippen LogP contribution is -2.61. The molecule has 0 radical (unpaired) electrons. The average molecular weight is 537 g/mol. The number of ketones is 2. The van der Waals surface area contributed by atoms with Gasteiger partial charge in [0.2, 0.25) is 23.4 Å². The van der Waals surface area contributed by atoms with Gasteiger partial charge in [-0.3, -0.25) is 24.0 Å². The molecule has 0 saturated carbocycles. The molecule has 37 heavy (non-hydrogen) atoms. The van der Waals surface area contributed by atoms with Crippen molar-refractivity contribution in [3.63, 3.8) is 0 Å². The zero-order chi connectivity index (χ0) is 28.1. The fourth-order valence-electron chi connectivity index (χ4n) is 4.03. The first kappa shape index (κ1) is 29.9. The van der Waals surface area contributed by atoms with Crippen molar-refractivity contribution in [3.8, 4) is 0 Å². The third-order valence-electron chi connectivity index (χ3n) is 6.10. The lowest BCUT2D eigenvalue weighted by atomic mass is 9.85. The number of urea groups is 1. The molecule has 0 spiro atoms. The Morgan fingerprint density at radius 1 is 1.08 bits per heavy atom. The van der Waals surface area contributed by atoms with E-state index < -0.39 is 59.1 Å². The number of amides is 5. The van der Waals surface area contributed by atoms with Crippen LogP contribution in [0.1, 0.15) is 64.2 Å². The number of aromatic nitrogens is 1. The summed E-state index contributed by atoms with van der Waals surface area (Å²) in [4.78, 5) is 80.6. The summed E-state index contributed by atoms with van der Waals surface area (Å²) < 4.78 is 0. The van der Waals surface area contributed by atoms with E-state index >= 15 is 0 Å². The third kappa shape index (κ3) is 7.57. The molecule has 2 rings (SSSR count). The third-order valence-corrected chi connectivity index (χ3v) is 6.89. The van der Waals surface area contributed by atoms with Gasteiger partial charge >= 0.3 is 6.03 Å². The van der Waals surface area contributed by atoms with E-state index in [1.807, 2.05) is 0 Å². The van der Waals surface area contributed by atoms with E-state index in [-0.39, 0.29) is 23.3 Å². The minimum Gasteiger partial charge on any atom is -0.363 e. The first-order chi connectivity index (χ1) is 17.1. The minimum absolute atomic E-state index is 0.234. The number of hydrogen-bond acceptors (Lipinski definition) is 8. The van der Waals surface area contributed by atoms with E-state index in [4.69, 9.17) is 5.73 Å². The largest absolute Gasteiger partial charge is 0.363 e. The quantitative estimate of drug-likeness (QED) is 0.250. The van der Waals surface area contributed by atoms with Crippen LogP contribution in [0.3, 0.4) is 0 Å². The molecule has 0 aliphatic carbocycles. The molecule has 204 valence electrons. The standard InChI is InChI=1S/C24H36N6O6S/c1-12(2)15(17(32)21-26-9-11-37-21)28-23(36)29-18(24(4,5)6)22(35)30-10-7-8-14(30)20(34)27-13(3)16(31)19(25)33/h9,11-15,18H,7-8,10H2,1-6H3,(H2,25,33)(H,27,34)(H2,28,29,36)/t13?,14-,15?,18?/m0/s1. The van der Waals surface area contributed by atoms with Crippen molar-refractivity contribution in [1.82, 2.24) is 25.8 Å². The highest BCUT2D eigenvalue weighted by Crippen LogP contribution is 2.26. The van der Waals surface area contributed by atoms with Crippen molar-refractivity contribution in [2.24, 2.45) is 17.1 Å². The maximum Gasteiger partial charge on any atom is 0.316 e. The highest BCUT2D eigenvalue weighted by molar-refractivity contribution is 7.11. The predicted octanol–water partition coefficient (Wildman–Crippen LogP) is 0.614. The van der Waals surface area contributed by atoms with Gasteiger partial charge in [0.25, 0.3) is 5.91 Å². The van der Waals surface area contributed by atoms with Crippen molar-refractivity contribution >= 4 is 46.7 Å². The van der Waals surface area contributed by atoms with Gasteiger partial charge in [0.15, 0.2) is 5.01 Å². The van der Waals surface area contributed by atoms with Crippen LogP contribution in [0.25, 0.3) is 0 Å². The summed E-state index contributed by atoms with van der Waals surface area (Å²) in [5.74, 6) is -3.72. The zero-order valence-corrected chi connectivity index (χ0v) is 22.8. The number of carbonyl (C=O) groups excluding carboxylic acids is 6. The van der Waals surface area contributed by atoms with E-state index in [0.29, 0.717) is 12.8 Å². The minimum atomic E-state index is -1.16. The molecule has 5 N–H and O–H groups in total. The van der Waals surface area contributed by atoms with Crippen molar-refractivity contribution in [3.05, 3.63) is 16.6 Å². The normalized spacial score (nSPS) is 18.0. The molecule has 12 nitrogen and oxygen atoms in total. The molecule has 5 amide bonds. The Kier molecular flexibility index (Phi) is 9.90. The molecule has 0 aromatic carbocycles. The van der Waals surface area contributed by atoms with E-state index in [0.717, 1.165) is 0 Å². The number of nitrogens with one attached hydrogen (secondary N) is 3. The molecule has 2 heterocycles. The molecule has 1 aliphatic heterocycles. The molecule has 1 saturated heterocycles. The van der Waals surface area contributed by atoms with E-state index in [9.17, 15) is 28.8 Å². The van der Waals surface area contributed by atoms with Crippen LogP contribution in [0.4, 0.5) is 4.79 Å². The van der Waals surface area contributed by atoms with E-state index in [1.165, 1.54) is 29.4 Å². The molecule has 3 unspecified atom stereocenters. The van der Waals surface area contributed by atoms with Gasteiger partial charge < -0.3 is 26.6 Å². The number of nitrogens with zero attached hydrogens (tertiary/aromatic N) is 2. The summed E-state index contributed by atoms with van der Waals surface area (Å²) in [6.07, 6.45) is 2.41. The smallest absolute Gasteiger partial charge is 0.316 e. The Balaban J connectivity index is 2.16. The van der Waals surface area contributed by atoms with Gasteiger partial charge in [-0.05, 0) is 31.1 Å². The molecule has 13 heteroatoms. The highest BCUT2D eigenvalue weighted by atomic mass is 32.1. The predicted molar refractivity (Wildman–Crippen MR) is 137 cm³/mol. The highest BCUT2D eigenvalue weighted by Gasteiger charge is 2.42. The van der Waals surface area contributed by atoms with Crippen LogP contribution in [0.5, 0.6) is 0 Å². The van der Waals surface area contributed by atoms with Gasteiger partial charge in [-0.1, -0.05) is 34.6 Å². The average Bonchev–Trinajstić information content (AvgIpc) is 3.51. The number of Topliss-reactive ketones (excluding diaryl/α,β-unsaturated/α-hetero) is 2. The molecular formula is C24H36N6O6S. The summed E-state index contributed by atoms with van der Waals surface area (Å²) in [6.45, 7) is 10.5. The Labute approximate surface area is 220 Å². The first-order valence-electron chi connectivity index (χ1n) is 12.1. The number of rotatable bonds is 10. The fourth-order valence-corrected chi connectivity index (χ4v) is 4.65. The molecule has 1 aromatic heterocycles. The van der Waals surface area contributed by atoms with Crippen molar-refractivity contribution in [1.29, 1.82) is 0 Å². The fraction of sp³-hybridized carbons (Fsp3) is 0.625. The van der Waals surface area contributed by atoms with Crippen LogP contribution in [0.15, 0.2) is 11.6 Å². The van der Waals surface area contributed by atoms with Gasteiger partial charge in [-0.2, -0.15) is 0 Å². The lowest BCUT2D eigenvalue weighted by molar-refractivity contribution is -0.143. The van der Waals surface area contributed by atoms with Crippen LogP contribution in [0.2, 0.25) is 0 Å². The van der Waals surface area contributed by atoms with Crippen LogP contribution in [-0.2, 0) is 19.2 Å². The summed E-state index contributed by atoms with van der Waals surface area (Å²) >= 11 is 1.18. The van der Waals surface area contributed by atoms with Crippen LogP contribution in [-0.4, -0.2) is 75.9 Å². The second-order valence-corrected chi connectivity index (χ2v) is 11.4. The van der Waals surface area contributed by atoms with Crippen LogP contribution < -0.4 is 21.7 Å². The topological polar surface area (TPSA) is 181 Å². The van der Waals surface area contributed by atoms with Crippen molar-refractivity contribution < 1.29 is 28.8 Å². The van der Waals surface area contributed by atoms with Crippen molar-refractivity contribution in [2.75, 3.05) is 6.54 Å². The number of hydrogen-bond donors (Lipinski definition) is 4. The second-order valence-electron chi connectivity index (χ2n) is 10.5. The summed E-state index contributed by atoms with van der Waals surface area (Å²) in [5.41, 5.74) is 4.26. The molecule has 4 atom stereocenters. The Morgan fingerprint density at radius 3 is 2.24 bits per heavy atom. The van der Waals surface area contributed by atoms with Crippen molar-refractivity contribution in [2.45, 2.75) is 78.6 Å². The summed E-state index contributed by atoms with van der Waals surface area (Å²) in [6, 6.07) is -4.57. The first-order valence-corrected chi connectivity index (χ1v) is 13.0. The van der Waals surface area contributed by atoms with E-state index in [1.54, 1.807) is 40.0 Å². The lowest BCUT2D eigenvalue weighted by Gasteiger charge is -2.36. The Morgan fingerprint density at radius 2 is 1.73 bits per heavy atom. The maximum absolute atomic E-state index is 13.6. The maximum atomic E-state index is 13.6. The van der Waals surface area contributed by atoms with E-state index in [2.05, 4.69) is 20.9 Å². The van der Waals surface area contributed by atoms with Crippen LogP contribution >= 0.6 is 11.3 Å². The molecule has 1 fully saturated rings. The number of carbonyl (C=O) groups is 6. The Hall–Kier alpha value is -3.35. The van der Waals surface area contributed by atoms with Crippen LogP contribution in [0, 0.1) is 11.3 Å². The Bertz CT molecular complexity index is 1040. The van der Waals surface area contributed by atoms with Gasteiger partial charge in [0, 0.05) is 18.1 Å². The summed E-state index contributed by atoms with van der Waals surface area (Å²) in [7, 11) is 0. The van der Waals surface area contributed by atoms with Gasteiger partial charge in [0.1, 0.15) is 12.1 Å². The zero-order valence-electron chi connectivity index (χ0n) is 22.0. The number of likely N-dealkylation sites (tertiary alicyclic amines) is 1. The summed E-state index contributed by atoms with van der Waals surface area (Å²) in [5, 5.41) is 9.76. The molecule has 1 aromatic rings. The number of primary amides is 1. The molecule has 0 bridgehead atoms. The molecule has 1 aliphatic rings. The number of thiazole rings is 1. The SMILES string of the molecule is CC(NC(=O)[C@@H]1CCCN1C(=O)C(NC(=O)NC(C(=O)c1nccs1)C(C)C)C(C)(C)C)C(=O)C(N)=O.